The lowest BCUT2D eigenvalue weighted by Crippen LogP contribution is -3.62. The molecule has 2 aromatic rings. The standard InChI is InChI=1S/C36H58I.ClH/c1-3-5-7-9-11-13-15-17-19-21-27-33-29-23-25-31-35(33)37-36-32-26-24-30-34(36)28-22-20-18-16-14-12-10-8-6-4-2;/h23-26,29-32H,3-22,27-28H2,1-2H3;1H/q+1;/p-1. The minimum absolute atomic E-state index is 0. The number of hydrogen-bond donors (Lipinski definition) is 0. The molecular weight excluding hydrogens is 595 g/mol. The third-order valence-electron chi connectivity index (χ3n) is 7.72. The fourth-order valence-corrected chi connectivity index (χ4v) is 8.29. The maximum atomic E-state index is 2.43. The molecular formula is C36H58ClI. The Hall–Kier alpha value is -0.540. The Labute approximate surface area is 254 Å². The molecule has 0 unspecified atom stereocenters. The second kappa shape index (κ2) is 25.4. The molecule has 0 aliphatic carbocycles. The first kappa shape index (κ1) is 35.5. The van der Waals surface area contributed by atoms with E-state index in [1.165, 1.54) is 141 Å². The fraction of sp³-hybridized carbons (Fsp3) is 0.667. The van der Waals surface area contributed by atoms with Gasteiger partial charge in [0.25, 0.3) is 0 Å². The second-order valence-electron chi connectivity index (χ2n) is 11.1. The van der Waals surface area contributed by atoms with Crippen molar-refractivity contribution in [2.75, 3.05) is 0 Å². The highest BCUT2D eigenvalue weighted by Gasteiger charge is 2.22. The van der Waals surface area contributed by atoms with E-state index >= 15 is 0 Å². The van der Waals surface area contributed by atoms with Crippen molar-refractivity contribution >= 4 is 0 Å². The van der Waals surface area contributed by atoms with Crippen molar-refractivity contribution in [3.8, 4) is 0 Å². The quantitative estimate of drug-likeness (QED) is 0.100. The summed E-state index contributed by atoms with van der Waals surface area (Å²) in [5, 5.41) is 0. The molecule has 0 N–H and O–H groups in total. The van der Waals surface area contributed by atoms with Gasteiger partial charge in [-0.1, -0.05) is 166 Å². The van der Waals surface area contributed by atoms with Crippen LogP contribution < -0.4 is 33.6 Å². The Balaban J connectivity index is 0.00000722. The Morgan fingerprint density at radius 2 is 0.684 bits per heavy atom. The zero-order chi connectivity index (χ0) is 26.2. The fourth-order valence-electron chi connectivity index (χ4n) is 5.30. The average molecular weight is 653 g/mol. The highest BCUT2D eigenvalue weighted by atomic mass is 127. The second-order valence-corrected chi connectivity index (χ2v) is 14.0. The average Bonchev–Trinajstić information content (AvgIpc) is 2.92. The van der Waals surface area contributed by atoms with Crippen molar-refractivity contribution in [1.82, 2.24) is 0 Å². The van der Waals surface area contributed by atoms with E-state index in [1.807, 2.05) is 0 Å². The van der Waals surface area contributed by atoms with Crippen LogP contribution in [0, 0.1) is 7.14 Å². The van der Waals surface area contributed by atoms with Crippen LogP contribution in [0.4, 0.5) is 0 Å². The molecule has 0 fully saturated rings. The van der Waals surface area contributed by atoms with Crippen LogP contribution in [0.15, 0.2) is 48.5 Å². The predicted molar refractivity (Wildman–Crippen MR) is 161 cm³/mol. The van der Waals surface area contributed by atoms with Crippen molar-refractivity contribution in [3.05, 3.63) is 66.8 Å². The molecule has 0 atom stereocenters. The van der Waals surface area contributed by atoms with E-state index < -0.39 is 0 Å². The van der Waals surface area contributed by atoms with Gasteiger partial charge in [-0.25, -0.2) is 0 Å². The van der Waals surface area contributed by atoms with Crippen LogP contribution in [0.1, 0.15) is 153 Å². The van der Waals surface area contributed by atoms with Crippen molar-refractivity contribution in [1.29, 1.82) is 0 Å². The molecule has 2 aromatic carbocycles. The molecule has 0 aromatic heterocycles. The predicted octanol–water partition coefficient (Wildman–Crippen LogP) is 5.75. The molecule has 0 bridgehead atoms. The van der Waals surface area contributed by atoms with Gasteiger partial charge in [0.2, 0.25) is 0 Å². The van der Waals surface area contributed by atoms with E-state index in [0.717, 1.165) is 0 Å². The highest BCUT2D eigenvalue weighted by Crippen LogP contribution is 2.14. The molecule has 2 rings (SSSR count). The summed E-state index contributed by atoms with van der Waals surface area (Å²) in [6, 6.07) is 18.7. The molecule has 0 heterocycles. The lowest BCUT2D eigenvalue weighted by Gasteiger charge is -2.05. The first-order valence-electron chi connectivity index (χ1n) is 16.2. The molecule has 216 valence electrons. The maximum absolute atomic E-state index is 2.43. The molecule has 0 radical (unpaired) electrons. The number of aryl methyl sites for hydroxylation is 2. The Bertz CT molecular complexity index is 721. The molecule has 0 saturated carbocycles. The summed E-state index contributed by atoms with van der Waals surface area (Å²) in [5.41, 5.74) is 3.26. The molecule has 2 heteroatoms. The maximum Gasteiger partial charge on any atom is 0.358 e. The minimum Gasteiger partial charge on any atom is -1.00 e. The van der Waals surface area contributed by atoms with Crippen molar-refractivity contribution in [2.45, 2.75) is 155 Å². The first-order valence-corrected chi connectivity index (χ1v) is 18.3. The number of rotatable bonds is 24. The third kappa shape index (κ3) is 17.2. The summed E-state index contributed by atoms with van der Waals surface area (Å²) in [5.74, 6) is 0. The normalized spacial score (nSPS) is 11.0. The van der Waals surface area contributed by atoms with E-state index in [0.29, 0.717) is 0 Å². The van der Waals surface area contributed by atoms with Gasteiger partial charge in [0.1, 0.15) is 0 Å². The zero-order valence-electron chi connectivity index (χ0n) is 24.9. The van der Waals surface area contributed by atoms with E-state index in [2.05, 4.69) is 62.4 Å². The highest BCUT2D eigenvalue weighted by molar-refractivity contribution is 5.17. The monoisotopic (exact) mass is 652 g/mol. The molecule has 0 amide bonds. The van der Waals surface area contributed by atoms with Crippen LogP contribution in [0.2, 0.25) is 0 Å². The van der Waals surface area contributed by atoms with Crippen LogP contribution in [0.3, 0.4) is 0 Å². The van der Waals surface area contributed by atoms with Crippen LogP contribution in [-0.4, -0.2) is 0 Å². The van der Waals surface area contributed by atoms with E-state index in [4.69, 9.17) is 0 Å². The summed E-state index contributed by atoms with van der Waals surface area (Å²) in [6.45, 7) is 4.61. The molecule has 0 aliphatic rings. The molecule has 38 heavy (non-hydrogen) atoms. The number of halogens is 2. The number of unbranched alkanes of at least 4 members (excludes halogenated alkanes) is 18. The number of hydrogen-bond acceptors (Lipinski definition) is 0. The minimum atomic E-state index is -0.0947. The number of benzene rings is 2. The van der Waals surface area contributed by atoms with Crippen LogP contribution in [0.5, 0.6) is 0 Å². The van der Waals surface area contributed by atoms with Crippen molar-refractivity contribution < 1.29 is 33.6 Å². The zero-order valence-corrected chi connectivity index (χ0v) is 27.8. The molecule has 0 nitrogen and oxygen atoms in total. The van der Waals surface area contributed by atoms with Crippen molar-refractivity contribution in [3.63, 3.8) is 0 Å². The largest absolute Gasteiger partial charge is 1.00 e. The summed E-state index contributed by atoms with van der Waals surface area (Å²) in [4.78, 5) is 0. The van der Waals surface area contributed by atoms with Gasteiger partial charge < -0.3 is 12.4 Å². The third-order valence-corrected chi connectivity index (χ3v) is 11.0. The van der Waals surface area contributed by atoms with Crippen LogP contribution in [-0.2, 0) is 12.8 Å². The van der Waals surface area contributed by atoms with Gasteiger partial charge in [-0.2, -0.15) is 0 Å². The van der Waals surface area contributed by atoms with E-state index in [-0.39, 0.29) is 33.6 Å². The molecule has 0 spiro atoms. The van der Waals surface area contributed by atoms with Gasteiger partial charge in [-0.15, -0.1) is 0 Å². The van der Waals surface area contributed by atoms with Gasteiger partial charge in [0.05, 0.1) is 0 Å². The Kier molecular flexibility index (Phi) is 23.7. The lowest BCUT2D eigenvalue weighted by atomic mass is 10.0. The topological polar surface area (TPSA) is 0 Å². The summed E-state index contributed by atoms with van der Waals surface area (Å²) in [7, 11) is 0. The van der Waals surface area contributed by atoms with Gasteiger partial charge in [-0.3, -0.25) is 0 Å². The summed E-state index contributed by atoms with van der Waals surface area (Å²) >= 11 is -0.0947. The van der Waals surface area contributed by atoms with Gasteiger partial charge in [0, 0.05) is 11.1 Å². The van der Waals surface area contributed by atoms with E-state index in [9.17, 15) is 0 Å². The van der Waals surface area contributed by atoms with Crippen LogP contribution >= 0.6 is 0 Å². The van der Waals surface area contributed by atoms with Crippen LogP contribution in [0.25, 0.3) is 0 Å². The Morgan fingerprint density at radius 3 is 1.03 bits per heavy atom. The molecule has 0 saturated heterocycles. The molecule has 0 aliphatic heterocycles. The van der Waals surface area contributed by atoms with Crippen molar-refractivity contribution in [2.24, 2.45) is 0 Å². The summed E-state index contributed by atoms with van der Waals surface area (Å²) < 4.78 is 3.32. The van der Waals surface area contributed by atoms with Gasteiger partial charge in [0.15, 0.2) is 7.14 Å². The smallest absolute Gasteiger partial charge is 0.358 e. The van der Waals surface area contributed by atoms with E-state index in [1.54, 1.807) is 18.3 Å². The summed E-state index contributed by atoms with van der Waals surface area (Å²) in [6.07, 6.45) is 30.9. The lowest BCUT2D eigenvalue weighted by molar-refractivity contribution is -0.599. The SMILES string of the molecule is CCCCCCCCCCCCc1ccccc1[I+]c1ccccc1CCCCCCCCCCCC.[Cl-]. The Morgan fingerprint density at radius 1 is 0.395 bits per heavy atom. The van der Waals surface area contributed by atoms with Gasteiger partial charge >= 0.3 is 21.2 Å². The first-order chi connectivity index (χ1) is 18.3. The van der Waals surface area contributed by atoms with Gasteiger partial charge in [-0.05, 0) is 37.8 Å².